The summed E-state index contributed by atoms with van der Waals surface area (Å²) in [6, 6.07) is 5.18. The van der Waals surface area contributed by atoms with E-state index < -0.39 is 24.3 Å². The van der Waals surface area contributed by atoms with E-state index in [0.717, 1.165) is 0 Å². The average Bonchev–Trinajstić information content (AvgIpc) is 2.93. The van der Waals surface area contributed by atoms with Crippen molar-refractivity contribution in [2.24, 2.45) is 5.92 Å². The topological polar surface area (TPSA) is 105 Å². The van der Waals surface area contributed by atoms with Gasteiger partial charge in [-0.25, -0.2) is 0 Å². The molecule has 2 N–H and O–H groups in total. The van der Waals surface area contributed by atoms with Crippen molar-refractivity contribution >= 4 is 23.5 Å². The number of ether oxygens (including phenoxy) is 2. The largest absolute Gasteiger partial charge is 0.486 e. The van der Waals surface area contributed by atoms with Crippen LogP contribution in [0.3, 0.4) is 0 Å². The van der Waals surface area contributed by atoms with Gasteiger partial charge in [-0.2, -0.15) is 0 Å². The number of amides is 2. The molecule has 2 heterocycles. The second kappa shape index (κ2) is 6.15. The first kappa shape index (κ1) is 15.1. The third-order valence-electron chi connectivity index (χ3n) is 3.77. The number of anilines is 1. The number of carboxylic acids is 1. The molecule has 1 aromatic rings. The van der Waals surface area contributed by atoms with Crippen LogP contribution in [-0.2, 0) is 14.4 Å². The normalized spacial score (nSPS) is 19.6. The highest BCUT2D eigenvalue weighted by atomic mass is 16.6. The fourth-order valence-electron chi connectivity index (χ4n) is 2.67. The van der Waals surface area contributed by atoms with Crippen LogP contribution in [0.1, 0.15) is 6.42 Å². The molecule has 1 aromatic carbocycles. The summed E-state index contributed by atoms with van der Waals surface area (Å²) in [7, 11) is 0. The van der Waals surface area contributed by atoms with Crippen LogP contribution in [-0.4, -0.2) is 49.2 Å². The number of aliphatic carboxylic acids is 1. The van der Waals surface area contributed by atoms with Crippen LogP contribution in [0.4, 0.5) is 5.69 Å². The van der Waals surface area contributed by atoms with Gasteiger partial charge in [0.1, 0.15) is 25.7 Å². The minimum atomic E-state index is -1.15. The smallest absolute Gasteiger partial charge is 0.322 e. The van der Waals surface area contributed by atoms with Gasteiger partial charge in [0.25, 0.3) is 0 Å². The Balaban J connectivity index is 1.71. The Morgan fingerprint density at radius 2 is 2.00 bits per heavy atom. The minimum absolute atomic E-state index is 0.343. The molecule has 122 valence electrons. The van der Waals surface area contributed by atoms with E-state index in [2.05, 4.69) is 5.32 Å². The number of carbonyl (C=O) groups excluding carboxylic acids is 2. The van der Waals surface area contributed by atoms with Crippen LogP contribution < -0.4 is 19.7 Å². The molecule has 0 saturated carbocycles. The van der Waals surface area contributed by atoms with Crippen molar-refractivity contribution in [2.45, 2.75) is 6.42 Å². The number of benzene rings is 1. The maximum Gasteiger partial charge on any atom is 0.322 e. The van der Waals surface area contributed by atoms with Crippen LogP contribution >= 0.6 is 0 Å². The Kier molecular flexibility index (Phi) is 4.05. The first-order valence-electron chi connectivity index (χ1n) is 7.27. The molecular formula is C15H16N2O6. The number of carbonyl (C=O) groups is 3. The molecule has 1 saturated heterocycles. The summed E-state index contributed by atoms with van der Waals surface area (Å²) in [5, 5.41) is 10.8. The van der Waals surface area contributed by atoms with Crippen molar-refractivity contribution in [1.29, 1.82) is 0 Å². The molecule has 0 spiro atoms. The SMILES string of the molecule is O=C(O)CNC(=O)[C@H]1CCN(c2ccc3c(c2)OCCO3)C1=O. The maximum absolute atomic E-state index is 12.4. The van der Waals surface area contributed by atoms with E-state index in [1.54, 1.807) is 18.2 Å². The van der Waals surface area contributed by atoms with Crippen molar-refractivity contribution in [3.63, 3.8) is 0 Å². The van der Waals surface area contributed by atoms with E-state index in [-0.39, 0.29) is 5.91 Å². The van der Waals surface area contributed by atoms with E-state index in [1.165, 1.54) is 4.90 Å². The van der Waals surface area contributed by atoms with Crippen LogP contribution in [0, 0.1) is 5.92 Å². The van der Waals surface area contributed by atoms with E-state index in [1.807, 2.05) is 0 Å². The molecule has 3 rings (SSSR count). The quantitative estimate of drug-likeness (QED) is 0.757. The van der Waals surface area contributed by atoms with Crippen molar-refractivity contribution in [1.82, 2.24) is 5.32 Å². The third-order valence-corrected chi connectivity index (χ3v) is 3.77. The molecule has 0 aliphatic carbocycles. The van der Waals surface area contributed by atoms with Gasteiger partial charge in [-0.15, -0.1) is 0 Å². The summed E-state index contributed by atoms with van der Waals surface area (Å²) < 4.78 is 10.9. The standard InChI is InChI=1S/C15H16N2O6/c18-13(19)8-16-14(20)10-3-4-17(15(10)21)9-1-2-11-12(7-9)23-6-5-22-11/h1-2,7,10H,3-6,8H2,(H,16,20)(H,18,19)/t10-/m1/s1. The number of nitrogens with zero attached hydrogens (tertiary/aromatic N) is 1. The molecule has 0 unspecified atom stereocenters. The number of carboxylic acid groups (broad SMARTS) is 1. The van der Waals surface area contributed by atoms with Gasteiger partial charge >= 0.3 is 5.97 Å². The van der Waals surface area contributed by atoms with E-state index >= 15 is 0 Å². The summed E-state index contributed by atoms with van der Waals surface area (Å²) >= 11 is 0. The van der Waals surface area contributed by atoms with Gasteiger partial charge in [-0.3, -0.25) is 14.4 Å². The second-order valence-electron chi connectivity index (χ2n) is 5.27. The molecule has 0 bridgehead atoms. The van der Waals surface area contributed by atoms with Gasteiger partial charge in [-0.1, -0.05) is 0 Å². The van der Waals surface area contributed by atoms with Crippen molar-refractivity contribution in [3.05, 3.63) is 18.2 Å². The molecule has 8 heteroatoms. The lowest BCUT2D eigenvalue weighted by Gasteiger charge is -2.22. The highest BCUT2D eigenvalue weighted by Crippen LogP contribution is 2.35. The number of fused-ring (bicyclic) bond motifs is 1. The Bertz CT molecular complexity index is 659. The molecule has 0 radical (unpaired) electrons. The third kappa shape index (κ3) is 3.05. The van der Waals surface area contributed by atoms with Gasteiger partial charge in [-0.05, 0) is 18.6 Å². The van der Waals surface area contributed by atoms with Gasteiger partial charge in [0.15, 0.2) is 11.5 Å². The summed E-state index contributed by atoms with van der Waals surface area (Å²) in [6.07, 6.45) is 0.346. The van der Waals surface area contributed by atoms with E-state index in [0.29, 0.717) is 43.4 Å². The Labute approximate surface area is 132 Å². The zero-order valence-electron chi connectivity index (χ0n) is 12.3. The monoisotopic (exact) mass is 320 g/mol. The zero-order valence-corrected chi connectivity index (χ0v) is 12.3. The lowest BCUT2D eigenvalue weighted by atomic mass is 10.1. The molecule has 2 aliphatic rings. The predicted octanol–water partition coefficient (Wildman–Crippen LogP) is 0.0115. The molecule has 2 aliphatic heterocycles. The highest BCUT2D eigenvalue weighted by Gasteiger charge is 2.38. The average molecular weight is 320 g/mol. The second-order valence-corrected chi connectivity index (χ2v) is 5.27. The number of hydrogen-bond acceptors (Lipinski definition) is 5. The minimum Gasteiger partial charge on any atom is -0.486 e. The lowest BCUT2D eigenvalue weighted by molar-refractivity contribution is -0.140. The van der Waals surface area contributed by atoms with E-state index in [4.69, 9.17) is 14.6 Å². The van der Waals surface area contributed by atoms with Gasteiger partial charge in [0.2, 0.25) is 11.8 Å². The molecular weight excluding hydrogens is 304 g/mol. The van der Waals surface area contributed by atoms with Gasteiger partial charge in [0.05, 0.1) is 0 Å². The Hall–Kier alpha value is -2.77. The zero-order chi connectivity index (χ0) is 16.4. The van der Waals surface area contributed by atoms with Gasteiger partial charge < -0.3 is 24.8 Å². The molecule has 0 aromatic heterocycles. The summed E-state index contributed by atoms with van der Waals surface area (Å²) in [4.78, 5) is 36.3. The highest BCUT2D eigenvalue weighted by molar-refractivity contribution is 6.10. The van der Waals surface area contributed by atoms with Crippen molar-refractivity contribution in [3.8, 4) is 11.5 Å². The van der Waals surface area contributed by atoms with Crippen LogP contribution in [0.15, 0.2) is 18.2 Å². The summed E-state index contributed by atoms with van der Waals surface area (Å²) in [5.74, 6) is -1.71. The summed E-state index contributed by atoms with van der Waals surface area (Å²) in [5.41, 5.74) is 0.632. The fraction of sp³-hybridized carbons (Fsp3) is 0.400. The van der Waals surface area contributed by atoms with Crippen LogP contribution in [0.25, 0.3) is 0 Å². The Morgan fingerprint density at radius 1 is 1.26 bits per heavy atom. The maximum atomic E-state index is 12.4. The molecule has 8 nitrogen and oxygen atoms in total. The number of rotatable bonds is 4. The van der Waals surface area contributed by atoms with Gasteiger partial charge in [0, 0.05) is 18.3 Å². The van der Waals surface area contributed by atoms with Crippen LogP contribution in [0.5, 0.6) is 11.5 Å². The van der Waals surface area contributed by atoms with Crippen molar-refractivity contribution in [2.75, 3.05) is 31.2 Å². The fourth-order valence-corrected chi connectivity index (χ4v) is 2.67. The Morgan fingerprint density at radius 3 is 2.74 bits per heavy atom. The van der Waals surface area contributed by atoms with Crippen molar-refractivity contribution < 1.29 is 29.0 Å². The molecule has 1 fully saturated rings. The molecule has 23 heavy (non-hydrogen) atoms. The van der Waals surface area contributed by atoms with Crippen LogP contribution in [0.2, 0.25) is 0 Å². The first-order chi connectivity index (χ1) is 11.1. The first-order valence-corrected chi connectivity index (χ1v) is 7.27. The molecule has 1 atom stereocenters. The lowest BCUT2D eigenvalue weighted by Crippen LogP contribution is -2.39. The van der Waals surface area contributed by atoms with E-state index in [9.17, 15) is 14.4 Å². The summed E-state index contributed by atoms with van der Waals surface area (Å²) in [6.45, 7) is 0.835. The number of nitrogens with one attached hydrogen (secondary N) is 1. The predicted molar refractivity (Wildman–Crippen MR) is 78.5 cm³/mol. The molecule has 2 amide bonds. The number of hydrogen-bond donors (Lipinski definition) is 2.